The van der Waals surface area contributed by atoms with Gasteiger partial charge in [-0.25, -0.2) is 4.98 Å². The van der Waals surface area contributed by atoms with Gasteiger partial charge in [0.05, 0.1) is 11.8 Å². The monoisotopic (exact) mass is 359 g/mol. The van der Waals surface area contributed by atoms with Gasteiger partial charge in [-0.05, 0) is 29.0 Å². The van der Waals surface area contributed by atoms with Crippen LogP contribution in [0.15, 0.2) is 81.9 Å². The molecule has 0 saturated heterocycles. The molecule has 2 N–H and O–H groups in total. The van der Waals surface area contributed by atoms with E-state index in [4.69, 9.17) is 4.52 Å². The molecule has 0 aliphatic rings. The fraction of sp³-hybridized carbons (Fsp3) is 0. The van der Waals surface area contributed by atoms with E-state index in [2.05, 4.69) is 25.7 Å². The summed E-state index contributed by atoms with van der Waals surface area (Å²) in [6.07, 6.45) is 4.27. The van der Waals surface area contributed by atoms with Crippen LogP contribution in [0.4, 0.5) is 17.2 Å². The average molecular weight is 359 g/mol. The Kier molecular flexibility index (Phi) is 4.28. The van der Waals surface area contributed by atoms with Crippen molar-refractivity contribution < 1.29 is 14.4 Å². The minimum atomic E-state index is -0.496. The van der Waals surface area contributed by atoms with E-state index in [1.54, 1.807) is 42.6 Å². The number of nitrogens with one attached hydrogen (secondary N) is 1. The average Bonchev–Trinajstić information content (AvgIpc) is 3.20. The number of carbonyl (C=O) groups excluding carboxylic acids is 1. The molecule has 27 heavy (non-hydrogen) atoms. The number of azo groups is 1. The summed E-state index contributed by atoms with van der Waals surface area (Å²) in [6, 6.07) is 14.0. The molecule has 8 nitrogen and oxygen atoms in total. The predicted molar refractivity (Wildman–Crippen MR) is 98.5 cm³/mol. The van der Waals surface area contributed by atoms with Crippen molar-refractivity contribution in [1.29, 1.82) is 0 Å². The number of aromatic hydroxyl groups is 1. The number of hydrogen-bond acceptors (Lipinski definition) is 7. The summed E-state index contributed by atoms with van der Waals surface area (Å²) in [5.41, 5.74) is 0.640. The Morgan fingerprint density at radius 2 is 1.96 bits per heavy atom. The number of aromatic nitrogens is 2. The number of anilines is 1. The lowest BCUT2D eigenvalue weighted by atomic mass is 10.0. The summed E-state index contributed by atoms with van der Waals surface area (Å²) in [4.78, 5) is 16.9. The van der Waals surface area contributed by atoms with E-state index in [-0.39, 0.29) is 17.0 Å². The maximum Gasteiger partial charge on any atom is 0.261 e. The number of benzene rings is 2. The molecule has 4 rings (SSSR count). The summed E-state index contributed by atoms with van der Waals surface area (Å²) in [7, 11) is 0. The number of phenols is 1. The van der Waals surface area contributed by atoms with E-state index in [9.17, 15) is 9.90 Å². The molecule has 8 heteroatoms. The minimum Gasteiger partial charge on any atom is -0.505 e. The molecule has 0 saturated carbocycles. The molecule has 0 atom stereocenters. The van der Waals surface area contributed by atoms with Gasteiger partial charge in [0.25, 0.3) is 5.91 Å². The fourth-order valence-corrected chi connectivity index (χ4v) is 2.60. The lowest BCUT2D eigenvalue weighted by Gasteiger charge is -2.11. The second-order valence-electron chi connectivity index (χ2n) is 5.59. The van der Waals surface area contributed by atoms with Crippen molar-refractivity contribution >= 4 is 33.9 Å². The molecule has 0 radical (unpaired) electrons. The van der Waals surface area contributed by atoms with Crippen LogP contribution < -0.4 is 5.32 Å². The van der Waals surface area contributed by atoms with Gasteiger partial charge in [-0.15, -0.1) is 10.2 Å². The Morgan fingerprint density at radius 1 is 1.11 bits per heavy atom. The summed E-state index contributed by atoms with van der Waals surface area (Å²) < 4.78 is 4.69. The first-order chi connectivity index (χ1) is 13.2. The first-order valence-electron chi connectivity index (χ1n) is 8.00. The zero-order chi connectivity index (χ0) is 18.6. The van der Waals surface area contributed by atoms with Gasteiger partial charge in [-0.1, -0.05) is 35.5 Å². The second kappa shape index (κ2) is 7.04. The Hall–Kier alpha value is -4.07. The lowest BCUT2D eigenvalue weighted by Crippen LogP contribution is -2.13. The molecule has 4 aromatic rings. The smallest absolute Gasteiger partial charge is 0.261 e. The summed E-state index contributed by atoms with van der Waals surface area (Å²) in [6.45, 7) is 0. The van der Waals surface area contributed by atoms with Crippen molar-refractivity contribution in [2.75, 3.05) is 5.32 Å². The van der Waals surface area contributed by atoms with Crippen LogP contribution in [0.3, 0.4) is 0 Å². The quantitative estimate of drug-likeness (QED) is 0.517. The first kappa shape index (κ1) is 16.4. The number of nitrogens with zero attached hydrogens (tertiary/aromatic N) is 4. The molecule has 0 aliphatic carbocycles. The van der Waals surface area contributed by atoms with Crippen molar-refractivity contribution in [2.24, 2.45) is 10.2 Å². The largest absolute Gasteiger partial charge is 0.505 e. The van der Waals surface area contributed by atoms with Crippen LogP contribution in [0.25, 0.3) is 10.8 Å². The highest BCUT2D eigenvalue weighted by Gasteiger charge is 2.19. The van der Waals surface area contributed by atoms with E-state index in [1.165, 1.54) is 12.5 Å². The third-order valence-corrected chi connectivity index (χ3v) is 3.83. The number of hydrogen-bond donors (Lipinski definition) is 2. The summed E-state index contributed by atoms with van der Waals surface area (Å²) >= 11 is 0. The number of rotatable bonds is 4. The van der Waals surface area contributed by atoms with Gasteiger partial charge in [0.2, 0.25) is 0 Å². The topological polar surface area (TPSA) is 113 Å². The molecule has 1 amide bonds. The molecular weight excluding hydrogens is 346 g/mol. The van der Waals surface area contributed by atoms with Crippen molar-refractivity contribution in [1.82, 2.24) is 10.1 Å². The highest BCUT2D eigenvalue weighted by Crippen LogP contribution is 2.38. The van der Waals surface area contributed by atoms with E-state index < -0.39 is 5.91 Å². The van der Waals surface area contributed by atoms with Gasteiger partial charge < -0.3 is 14.9 Å². The molecule has 0 fully saturated rings. The van der Waals surface area contributed by atoms with Crippen molar-refractivity contribution in [3.63, 3.8) is 0 Å². The van der Waals surface area contributed by atoms with Crippen LogP contribution in [0, 0.1) is 0 Å². The summed E-state index contributed by atoms with van der Waals surface area (Å²) in [5.74, 6) is -0.394. The number of phenolic OH excluding ortho intramolecular Hbond substituents is 1. The Bertz CT molecular complexity index is 1130. The van der Waals surface area contributed by atoms with Gasteiger partial charge in [-0.2, -0.15) is 0 Å². The zero-order valence-corrected chi connectivity index (χ0v) is 13.9. The number of amides is 1. The molecule has 2 aromatic heterocycles. The van der Waals surface area contributed by atoms with E-state index in [0.29, 0.717) is 16.9 Å². The van der Waals surface area contributed by atoms with Crippen LogP contribution in [0.5, 0.6) is 5.75 Å². The lowest BCUT2D eigenvalue weighted by molar-refractivity contribution is 0.102. The standard InChI is InChI=1S/C19H13N5O3/c25-18-15(24-23-13-10-21-27-11-13)9-12-5-1-2-6-14(12)17(18)19(26)22-16-7-3-4-8-20-16/h1-11,25H,(H,20,22,26)/b24-23+. The molecule has 0 unspecified atom stereocenters. The molecule has 132 valence electrons. The maximum atomic E-state index is 12.8. The molecule has 2 aromatic carbocycles. The Balaban J connectivity index is 1.80. The third-order valence-electron chi connectivity index (χ3n) is 3.83. The Morgan fingerprint density at radius 3 is 2.74 bits per heavy atom. The highest BCUT2D eigenvalue weighted by atomic mass is 16.5. The van der Waals surface area contributed by atoms with Crippen LogP contribution in [0.2, 0.25) is 0 Å². The molecule has 0 aliphatic heterocycles. The second-order valence-corrected chi connectivity index (χ2v) is 5.59. The highest BCUT2D eigenvalue weighted by molar-refractivity contribution is 6.16. The van der Waals surface area contributed by atoms with Crippen molar-refractivity contribution in [2.45, 2.75) is 0 Å². The number of fused-ring (bicyclic) bond motifs is 1. The number of carbonyl (C=O) groups is 1. The molecular formula is C19H13N5O3. The van der Waals surface area contributed by atoms with Gasteiger partial charge in [0.15, 0.2) is 12.0 Å². The maximum absolute atomic E-state index is 12.8. The molecule has 0 bridgehead atoms. The van der Waals surface area contributed by atoms with E-state index in [1.807, 2.05) is 12.1 Å². The fourth-order valence-electron chi connectivity index (χ4n) is 2.60. The SMILES string of the molecule is O=C(Nc1ccccn1)c1c(O)c(/N=N/c2cnoc2)cc2ccccc12. The van der Waals surface area contributed by atoms with E-state index in [0.717, 1.165) is 5.39 Å². The Labute approximate surface area is 153 Å². The summed E-state index contributed by atoms with van der Waals surface area (Å²) in [5, 5.41) is 26.2. The number of pyridine rings is 1. The van der Waals surface area contributed by atoms with Gasteiger partial charge in [0, 0.05) is 6.20 Å². The predicted octanol–water partition coefficient (Wildman–Crippen LogP) is 4.60. The van der Waals surface area contributed by atoms with Crippen LogP contribution in [0.1, 0.15) is 10.4 Å². The normalized spacial score (nSPS) is 11.1. The molecule has 2 heterocycles. The van der Waals surface area contributed by atoms with Gasteiger partial charge in [0.1, 0.15) is 17.2 Å². The van der Waals surface area contributed by atoms with Crippen LogP contribution >= 0.6 is 0 Å². The van der Waals surface area contributed by atoms with Crippen molar-refractivity contribution in [3.05, 3.63) is 72.8 Å². The van der Waals surface area contributed by atoms with Crippen LogP contribution in [-0.2, 0) is 0 Å². The van der Waals surface area contributed by atoms with Gasteiger partial charge >= 0.3 is 0 Å². The third kappa shape index (κ3) is 3.36. The first-order valence-corrected chi connectivity index (χ1v) is 8.00. The van der Waals surface area contributed by atoms with Crippen molar-refractivity contribution in [3.8, 4) is 5.75 Å². The van der Waals surface area contributed by atoms with Crippen LogP contribution in [-0.4, -0.2) is 21.2 Å². The minimum absolute atomic E-state index is 0.0954. The molecule has 0 spiro atoms. The van der Waals surface area contributed by atoms with Gasteiger partial charge in [-0.3, -0.25) is 4.79 Å². The zero-order valence-electron chi connectivity index (χ0n) is 13.9. The van der Waals surface area contributed by atoms with E-state index >= 15 is 0 Å².